The molecule has 1 amide bonds. The van der Waals surface area contributed by atoms with Crippen molar-refractivity contribution < 1.29 is 19.4 Å². The van der Waals surface area contributed by atoms with E-state index in [0.717, 1.165) is 11.3 Å². The number of hydrogen-bond acceptors (Lipinski definition) is 5. The van der Waals surface area contributed by atoms with Crippen LogP contribution in [0.2, 0.25) is 5.02 Å². The molecule has 0 spiro atoms. The van der Waals surface area contributed by atoms with E-state index in [9.17, 15) is 14.7 Å². The molecule has 3 heterocycles. The molecule has 5 rings (SSSR count). The van der Waals surface area contributed by atoms with Crippen LogP contribution in [0, 0.1) is 0 Å². The Labute approximate surface area is 189 Å². The number of Topliss-reactive ketones (excluding diaryl/α,β-unsaturated/α-hetero) is 1. The van der Waals surface area contributed by atoms with Gasteiger partial charge >= 0.3 is 0 Å². The molecule has 2 unspecified atom stereocenters. The van der Waals surface area contributed by atoms with E-state index in [1.165, 1.54) is 4.90 Å². The third-order valence-electron chi connectivity index (χ3n) is 5.72. The number of rotatable bonds is 3. The lowest BCUT2D eigenvalue weighted by Crippen LogP contribution is -2.29. The van der Waals surface area contributed by atoms with E-state index in [4.69, 9.17) is 16.3 Å². The van der Waals surface area contributed by atoms with Gasteiger partial charge in [0.05, 0.1) is 11.6 Å². The number of ketones is 1. The average molecular weight is 447 g/mol. The summed E-state index contributed by atoms with van der Waals surface area (Å²) < 4.78 is 5.74. The summed E-state index contributed by atoms with van der Waals surface area (Å²) in [6.45, 7) is 1.97. The van der Waals surface area contributed by atoms with Crippen molar-refractivity contribution in [2.24, 2.45) is 0 Å². The summed E-state index contributed by atoms with van der Waals surface area (Å²) in [6.07, 6.45) is 3.93. The molecule has 0 bridgehead atoms. The molecule has 1 saturated heterocycles. The van der Waals surface area contributed by atoms with Gasteiger partial charge in [0.1, 0.15) is 17.6 Å². The molecule has 160 valence electrons. The Morgan fingerprint density at radius 3 is 2.66 bits per heavy atom. The molecule has 6 nitrogen and oxygen atoms in total. The minimum Gasteiger partial charge on any atom is -0.507 e. The van der Waals surface area contributed by atoms with Crippen molar-refractivity contribution in [3.8, 4) is 5.75 Å². The smallest absolute Gasteiger partial charge is 0.300 e. The molecular formula is C25H19ClN2O4. The van der Waals surface area contributed by atoms with Gasteiger partial charge in [0.2, 0.25) is 0 Å². The number of benzene rings is 2. The summed E-state index contributed by atoms with van der Waals surface area (Å²) in [5, 5.41) is 11.7. The SMILES string of the molecule is CC1Cc2cc(/C(O)=C3/C(=O)C(=O)N(c4cccc(Cl)c4)C3c3ccncc3)ccc2O1. The Bertz CT molecular complexity index is 1270. The summed E-state index contributed by atoms with van der Waals surface area (Å²) in [4.78, 5) is 31.7. The number of carbonyl (C=O) groups is 2. The standard InChI is InChI=1S/C25H19ClN2O4/c1-14-11-17-12-16(5-6-20(17)32-14)23(29)21-22(15-7-9-27-10-8-15)28(25(31)24(21)30)19-4-2-3-18(26)13-19/h2-10,12-14,22,29H,11H2,1H3/b23-21-. The van der Waals surface area contributed by atoms with Crippen LogP contribution >= 0.6 is 11.6 Å². The molecule has 7 heteroatoms. The van der Waals surface area contributed by atoms with Crippen LogP contribution in [0.15, 0.2) is 72.6 Å². The van der Waals surface area contributed by atoms with Crippen LogP contribution in [0.25, 0.3) is 5.76 Å². The fourth-order valence-corrected chi connectivity index (χ4v) is 4.50. The minimum absolute atomic E-state index is 0.0214. The molecule has 2 aliphatic heterocycles. The molecule has 1 N–H and O–H groups in total. The van der Waals surface area contributed by atoms with Gasteiger partial charge in [-0.3, -0.25) is 19.5 Å². The summed E-state index contributed by atoms with van der Waals surface area (Å²) in [5.41, 5.74) is 2.55. The van der Waals surface area contributed by atoms with Gasteiger partial charge in [-0.2, -0.15) is 0 Å². The van der Waals surface area contributed by atoms with Crippen LogP contribution in [0.1, 0.15) is 29.7 Å². The lowest BCUT2D eigenvalue weighted by molar-refractivity contribution is -0.132. The van der Waals surface area contributed by atoms with Crippen LogP contribution in [-0.2, 0) is 16.0 Å². The number of anilines is 1. The van der Waals surface area contributed by atoms with E-state index in [-0.39, 0.29) is 17.4 Å². The second-order valence-electron chi connectivity index (χ2n) is 7.88. The predicted octanol–water partition coefficient (Wildman–Crippen LogP) is 4.68. The van der Waals surface area contributed by atoms with Gasteiger partial charge in [-0.15, -0.1) is 0 Å². The van der Waals surface area contributed by atoms with Gasteiger partial charge in [-0.05, 0) is 66.6 Å². The Morgan fingerprint density at radius 1 is 1.12 bits per heavy atom. The summed E-state index contributed by atoms with van der Waals surface area (Å²) >= 11 is 6.16. The van der Waals surface area contributed by atoms with Crippen molar-refractivity contribution in [3.05, 3.63) is 94.3 Å². The molecule has 0 aliphatic carbocycles. The van der Waals surface area contributed by atoms with E-state index < -0.39 is 17.7 Å². The number of ether oxygens (including phenoxy) is 1. The lowest BCUT2D eigenvalue weighted by Gasteiger charge is -2.25. The highest BCUT2D eigenvalue weighted by Gasteiger charge is 2.47. The molecule has 2 atom stereocenters. The van der Waals surface area contributed by atoms with Crippen LogP contribution in [-0.4, -0.2) is 27.9 Å². The van der Waals surface area contributed by atoms with Gasteiger partial charge in [0, 0.05) is 35.1 Å². The Kier molecular flexibility index (Phi) is 4.94. The van der Waals surface area contributed by atoms with E-state index in [1.54, 1.807) is 60.9 Å². The third kappa shape index (κ3) is 3.33. The summed E-state index contributed by atoms with van der Waals surface area (Å²) in [7, 11) is 0. The van der Waals surface area contributed by atoms with Crippen LogP contribution in [0.5, 0.6) is 5.75 Å². The van der Waals surface area contributed by atoms with Crippen LogP contribution in [0.3, 0.4) is 0 Å². The minimum atomic E-state index is -0.820. The summed E-state index contributed by atoms with van der Waals surface area (Å²) in [5.74, 6) is -0.945. The van der Waals surface area contributed by atoms with Gasteiger partial charge in [-0.25, -0.2) is 0 Å². The summed E-state index contributed by atoms with van der Waals surface area (Å²) in [6, 6.07) is 14.6. The average Bonchev–Trinajstić information content (AvgIpc) is 3.29. The Balaban J connectivity index is 1.69. The highest BCUT2D eigenvalue weighted by molar-refractivity contribution is 6.51. The number of hydrogen-bond donors (Lipinski definition) is 1. The first-order valence-corrected chi connectivity index (χ1v) is 10.6. The second kappa shape index (κ2) is 7.80. The zero-order chi connectivity index (χ0) is 22.4. The number of amides is 1. The molecule has 1 fully saturated rings. The Hall–Kier alpha value is -3.64. The van der Waals surface area contributed by atoms with Crippen molar-refractivity contribution in [3.63, 3.8) is 0 Å². The maximum absolute atomic E-state index is 13.2. The number of carbonyl (C=O) groups excluding carboxylic acids is 2. The van der Waals surface area contributed by atoms with E-state index in [1.807, 2.05) is 13.0 Å². The molecule has 2 aromatic carbocycles. The number of aliphatic hydroxyl groups excluding tert-OH is 1. The van der Waals surface area contributed by atoms with Crippen LogP contribution in [0.4, 0.5) is 5.69 Å². The number of pyridine rings is 1. The largest absolute Gasteiger partial charge is 0.507 e. The molecule has 0 radical (unpaired) electrons. The first-order chi connectivity index (χ1) is 15.4. The van der Waals surface area contributed by atoms with Crippen molar-refractivity contribution >= 4 is 34.7 Å². The normalized spacial score (nSPS) is 21.5. The topological polar surface area (TPSA) is 79.7 Å². The van der Waals surface area contributed by atoms with Crippen molar-refractivity contribution in [2.45, 2.75) is 25.5 Å². The molecule has 0 saturated carbocycles. The van der Waals surface area contributed by atoms with Crippen molar-refractivity contribution in [1.82, 2.24) is 4.98 Å². The monoisotopic (exact) mass is 446 g/mol. The first kappa shape index (κ1) is 20.3. The van der Waals surface area contributed by atoms with E-state index in [0.29, 0.717) is 28.3 Å². The molecule has 2 aliphatic rings. The third-order valence-corrected chi connectivity index (χ3v) is 5.96. The Morgan fingerprint density at radius 2 is 1.91 bits per heavy atom. The first-order valence-electron chi connectivity index (χ1n) is 10.2. The fourth-order valence-electron chi connectivity index (χ4n) is 4.31. The maximum atomic E-state index is 13.2. The quantitative estimate of drug-likeness (QED) is 0.359. The highest BCUT2D eigenvalue weighted by Crippen LogP contribution is 2.43. The highest BCUT2D eigenvalue weighted by atomic mass is 35.5. The van der Waals surface area contributed by atoms with Crippen LogP contribution < -0.4 is 9.64 Å². The molecular weight excluding hydrogens is 428 g/mol. The second-order valence-corrected chi connectivity index (χ2v) is 8.32. The van der Waals surface area contributed by atoms with Gasteiger partial charge in [-0.1, -0.05) is 17.7 Å². The number of halogens is 1. The number of nitrogens with zero attached hydrogens (tertiary/aromatic N) is 2. The number of fused-ring (bicyclic) bond motifs is 1. The predicted molar refractivity (Wildman–Crippen MR) is 121 cm³/mol. The van der Waals surface area contributed by atoms with E-state index >= 15 is 0 Å². The van der Waals surface area contributed by atoms with Gasteiger partial charge in [0.25, 0.3) is 11.7 Å². The van der Waals surface area contributed by atoms with Crippen molar-refractivity contribution in [1.29, 1.82) is 0 Å². The fraction of sp³-hybridized carbons (Fsp3) is 0.160. The zero-order valence-electron chi connectivity index (χ0n) is 17.2. The van der Waals surface area contributed by atoms with Gasteiger partial charge < -0.3 is 9.84 Å². The lowest BCUT2D eigenvalue weighted by atomic mass is 9.95. The zero-order valence-corrected chi connectivity index (χ0v) is 17.9. The van der Waals surface area contributed by atoms with Crippen molar-refractivity contribution in [2.75, 3.05) is 4.90 Å². The molecule has 1 aromatic heterocycles. The number of aromatic nitrogens is 1. The van der Waals surface area contributed by atoms with E-state index in [2.05, 4.69) is 4.98 Å². The molecule has 32 heavy (non-hydrogen) atoms. The maximum Gasteiger partial charge on any atom is 0.300 e. The number of aliphatic hydroxyl groups is 1. The molecule has 3 aromatic rings. The van der Waals surface area contributed by atoms with Gasteiger partial charge in [0.15, 0.2) is 0 Å².